The van der Waals surface area contributed by atoms with Gasteiger partial charge in [0.25, 0.3) is 5.91 Å². The van der Waals surface area contributed by atoms with E-state index in [1.807, 2.05) is 85.7 Å². The maximum atomic E-state index is 15.0. The number of rotatable bonds is 8. The minimum absolute atomic E-state index is 0.0526. The van der Waals surface area contributed by atoms with Crippen molar-refractivity contribution >= 4 is 57.2 Å². The number of fused-ring (bicyclic) bond motifs is 4. The third kappa shape index (κ3) is 5.39. The summed E-state index contributed by atoms with van der Waals surface area (Å²) in [7, 11) is 3.90. The molecule has 0 radical (unpaired) electrons. The first kappa shape index (κ1) is 34.2. The van der Waals surface area contributed by atoms with Gasteiger partial charge in [0.15, 0.2) is 5.78 Å². The van der Waals surface area contributed by atoms with Gasteiger partial charge in [0.2, 0.25) is 0 Å². The van der Waals surface area contributed by atoms with Crippen LogP contribution in [0.3, 0.4) is 0 Å². The summed E-state index contributed by atoms with van der Waals surface area (Å²) in [5.74, 6) is 0.850. The van der Waals surface area contributed by atoms with E-state index in [0.29, 0.717) is 43.1 Å². The van der Waals surface area contributed by atoms with E-state index in [4.69, 9.17) is 33.0 Å². The molecule has 0 N–H and O–H groups in total. The van der Waals surface area contributed by atoms with Gasteiger partial charge in [0.1, 0.15) is 11.4 Å². The van der Waals surface area contributed by atoms with Crippen LogP contribution in [0, 0.1) is 27.7 Å². The fraction of sp³-hybridized carbons (Fsp3) is 0.375. The van der Waals surface area contributed by atoms with Gasteiger partial charge in [-0.25, -0.2) is 0 Å². The summed E-state index contributed by atoms with van der Waals surface area (Å²) in [6, 6.07) is 13.7. The van der Waals surface area contributed by atoms with Crippen molar-refractivity contribution in [3.8, 4) is 16.9 Å². The van der Waals surface area contributed by atoms with Gasteiger partial charge in [-0.05, 0) is 101 Å². The highest BCUT2D eigenvalue weighted by Gasteiger charge is 2.39. The molecule has 260 valence electrons. The summed E-state index contributed by atoms with van der Waals surface area (Å²) >= 11 is 13.5. The molecule has 0 bridgehead atoms. The maximum absolute atomic E-state index is 15.0. The molecule has 0 aliphatic carbocycles. The highest BCUT2D eigenvalue weighted by molar-refractivity contribution is 6.35. The second kappa shape index (κ2) is 12.8. The van der Waals surface area contributed by atoms with E-state index in [1.165, 1.54) is 0 Å². The van der Waals surface area contributed by atoms with Crippen molar-refractivity contribution in [1.29, 1.82) is 0 Å². The molecule has 2 aromatic heterocycles. The molecule has 50 heavy (non-hydrogen) atoms. The molecule has 0 fully saturated rings. The van der Waals surface area contributed by atoms with E-state index in [2.05, 4.69) is 24.5 Å². The molecule has 3 aromatic carbocycles. The normalized spacial score (nSPS) is 17.1. The number of hydrogen-bond acceptors (Lipinski definition) is 5. The Bertz CT molecular complexity index is 2190. The summed E-state index contributed by atoms with van der Waals surface area (Å²) < 4.78 is 10.3. The number of aromatic nitrogens is 3. The Morgan fingerprint density at radius 3 is 2.36 bits per heavy atom. The van der Waals surface area contributed by atoms with Gasteiger partial charge < -0.3 is 19.1 Å². The van der Waals surface area contributed by atoms with Crippen molar-refractivity contribution in [2.75, 3.05) is 30.0 Å². The second-order valence-electron chi connectivity index (χ2n) is 14.0. The van der Waals surface area contributed by atoms with Gasteiger partial charge in [-0.15, -0.1) is 0 Å². The number of halogens is 2. The Balaban J connectivity index is 1.35. The third-order valence-corrected chi connectivity index (χ3v) is 11.6. The molecular weight excluding hydrogens is 669 g/mol. The minimum atomic E-state index is -0.241. The summed E-state index contributed by atoms with van der Waals surface area (Å²) in [5, 5.41) is 7.12. The first-order valence-electron chi connectivity index (χ1n) is 17.2. The van der Waals surface area contributed by atoms with Crippen molar-refractivity contribution in [2.24, 2.45) is 7.05 Å². The van der Waals surface area contributed by atoms with Crippen molar-refractivity contribution < 1.29 is 14.3 Å². The van der Waals surface area contributed by atoms with Crippen LogP contribution in [-0.2, 0) is 24.7 Å². The molecule has 2 atom stereocenters. The number of benzene rings is 3. The summed E-state index contributed by atoms with van der Waals surface area (Å²) in [6.45, 7) is 12.8. The Morgan fingerprint density at radius 1 is 1.00 bits per heavy atom. The van der Waals surface area contributed by atoms with Crippen LogP contribution in [0.2, 0.25) is 10.0 Å². The first-order chi connectivity index (χ1) is 23.8. The largest absolute Gasteiger partial charge is 0.494 e. The SMILES string of the molecule is CC(=O)C1Cc2c(N3C[C@@H](C)n4c(c(CCCOc5cc(C)c(Cl)c(C)c5)c5ccc(Cl)c(-c6c(C)nn(C)c6C)c54)C3=O)cccc2N1C. The average molecular weight is 713 g/mol. The van der Waals surface area contributed by atoms with Crippen molar-refractivity contribution in [2.45, 2.75) is 72.9 Å². The van der Waals surface area contributed by atoms with Gasteiger partial charge in [0, 0.05) is 77.3 Å². The number of aryl methyl sites for hydroxylation is 5. The molecule has 0 saturated carbocycles. The monoisotopic (exact) mass is 711 g/mol. The van der Waals surface area contributed by atoms with E-state index in [9.17, 15) is 4.79 Å². The van der Waals surface area contributed by atoms with E-state index in [0.717, 1.165) is 77.8 Å². The molecule has 7 rings (SSSR count). The molecule has 5 aromatic rings. The molecule has 2 aliphatic rings. The van der Waals surface area contributed by atoms with Crippen LogP contribution < -0.4 is 14.5 Å². The first-order valence-corrected chi connectivity index (χ1v) is 18.0. The maximum Gasteiger partial charge on any atom is 0.275 e. The van der Waals surface area contributed by atoms with E-state index in [1.54, 1.807) is 6.92 Å². The summed E-state index contributed by atoms with van der Waals surface area (Å²) in [6.07, 6.45) is 1.90. The van der Waals surface area contributed by atoms with Gasteiger partial charge in [-0.3, -0.25) is 14.3 Å². The smallest absolute Gasteiger partial charge is 0.275 e. The quantitative estimate of drug-likeness (QED) is 0.151. The lowest BCUT2D eigenvalue weighted by molar-refractivity contribution is -0.118. The van der Waals surface area contributed by atoms with Crippen LogP contribution in [0.4, 0.5) is 11.4 Å². The zero-order valence-corrected chi connectivity index (χ0v) is 31.5. The number of anilines is 2. The number of ether oxygens (including phenoxy) is 1. The van der Waals surface area contributed by atoms with Gasteiger partial charge >= 0.3 is 0 Å². The zero-order valence-electron chi connectivity index (χ0n) is 29.9. The van der Waals surface area contributed by atoms with E-state index < -0.39 is 0 Å². The number of hydrogen-bond donors (Lipinski definition) is 0. The lowest BCUT2D eigenvalue weighted by Gasteiger charge is -2.35. The molecule has 0 saturated heterocycles. The predicted octanol–water partition coefficient (Wildman–Crippen LogP) is 8.77. The summed E-state index contributed by atoms with van der Waals surface area (Å²) in [5.41, 5.74) is 11.3. The molecule has 8 nitrogen and oxygen atoms in total. The number of likely N-dealkylation sites (N-methyl/N-ethyl adjacent to an activating group) is 1. The van der Waals surface area contributed by atoms with Crippen LogP contribution in [0.15, 0.2) is 42.5 Å². The average Bonchev–Trinajstić information content (AvgIpc) is 3.68. The van der Waals surface area contributed by atoms with Crippen LogP contribution >= 0.6 is 23.2 Å². The molecule has 2 aliphatic heterocycles. The van der Waals surface area contributed by atoms with Gasteiger partial charge in [0.05, 0.1) is 28.9 Å². The van der Waals surface area contributed by atoms with Crippen molar-refractivity contribution in [3.05, 3.63) is 91.8 Å². The minimum Gasteiger partial charge on any atom is -0.494 e. The highest BCUT2D eigenvalue weighted by Crippen LogP contribution is 2.46. The highest BCUT2D eigenvalue weighted by atomic mass is 35.5. The van der Waals surface area contributed by atoms with E-state index >= 15 is 4.79 Å². The Kier molecular flexibility index (Phi) is 8.76. The standard InChI is InChI=1S/C40H43Cl2N5O3/c1-21-17-27(18-22(2)37(21)42)50-16-10-11-28-29-14-15-31(41)36(35-24(4)43-45(8)25(35)5)38(29)47-23(3)20-46(40(49)39(28)47)33-13-9-12-32-30(33)19-34(26(6)48)44(32)7/h9,12-15,17-18,23,34H,10-11,16,19-20H2,1-8H3/t23-,34?/m1/s1. The number of nitrogens with zero attached hydrogens (tertiary/aromatic N) is 5. The number of Topliss-reactive ketones (excluding diaryl/α,β-unsaturated/α-hetero) is 1. The number of ketones is 1. The van der Waals surface area contributed by atoms with Crippen LogP contribution in [0.1, 0.15) is 70.4 Å². The van der Waals surface area contributed by atoms with Crippen molar-refractivity contribution in [3.63, 3.8) is 0 Å². The van der Waals surface area contributed by atoms with Crippen molar-refractivity contribution in [1.82, 2.24) is 14.3 Å². The van der Waals surface area contributed by atoms with Crippen LogP contribution in [0.25, 0.3) is 22.0 Å². The molecular formula is C40H43Cl2N5O3. The van der Waals surface area contributed by atoms with Gasteiger partial charge in [-0.2, -0.15) is 5.10 Å². The lowest BCUT2D eigenvalue weighted by Crippen LogP contribution is -2.43. The topological polar surface area (TPSA) is 72.6 Å². The third-order valence-electron chi connectivity index (χ3n) is 10.7. The molecule has 1 amide bonds. The van der Waals surface area contributed by atoms with Gasteiger partial charge in [-0.1, -0.05) is 35.3 Å². The Morgan fingerprint density at radius 2 is 1.70 bits per heavy atom. The van der Waals surface area contributed by atoms with E-state index in [-0.39, 0.29) is 23.8 Å². The second-order valence-corrected chi connectivity index (χ2v) is 14.8. The Labute approximate surface area is 303 Å². The van der Waals surface area contributed by atoms with Crippen LogP contribution in [-0.4, -0.2) is 52.3 Å². The zero-order chi connectivity index (χ0) is 35.8. The van der Waals surface area contributed by atoms with Crippen LogP contribution in [0.5, 0.6) is 5.75 Å². The Hall–Kier alpha value is -4.27. The number of amides is 1. The molecule has 10 heteroatoms. The molecule has 1 unspecified atom stereocenters. The summed E-state index contributed by atoms with van der Waals surface area (Å²) in [4.78, 5) is 31.5. The lowest BCUT2D eigenvalue weighted by atomic mass is 9.98. The number of carbonyl (C=O) groups is 2. The fourth-order valence-corrected chi connectivity index (χ4v) is 8.56. The predicted molar refractivity (Wildman–Crippen MR) is 203 cm³/mol. The number of carbonyl (C=O) groups excluding carboxylic acids is 2. The molecule has 4 heterocycles. The molecule has 0 spiro atoms. The fourth-order valence-electron chi connectivity index (χ4n) is 8.21.